The van der Waals surface area contributed by atoms with E-state index in [0.717, 1.165) is 5.75 Å². The molecule has 5 heteroatoms. The fourth-order valence-corrected chi connectivity index (χ4v) is 1.78. The molecule has 1 N–H and O–H groups in total. The van der Waals surface area contributed by atoms with E-state index in [0.29, 0.717) is 12.3 Å². The van der Waals surface area contributed by atoms with Crippen LogP contribution in [0.1, 0.15) is 27.7 Å². The third-order valence-corrected chi connectivity index (χ3v) is 2.59. The second kappa shape index (κ2) is 7.53. The van der Waals surface area contributed by atoms with Crippen molar-refractivity contribution in [1.29, 1.82) is 0 Å². The summed E-state index contributed by atoms with van der Waals surface area (Å²) in [5, 5.41) is 2.77. The summed E-state index contributed by atoms with van der Waals surface area (Å²) in [5.41, 5.74) is 0.680. The summed E-state index contributed by atoms with van der Waals surface area (Å²) in [6.45, 7) is 7.72. The highest BCUT2D eigenvalue weighted by molar-refractivity contribution is 5.97. The quantitative estimate of drug-likeness (QED) is 0.865. The fraction of sp³-hybridized carbons (Fsp3) is 0.467. The van der Waals surface area contributed by atoms with Gasteiger partial charge in [0.15, 0.2) is 0 Å². The minimum absolute atomic E-state index is 0.0154. The van der Waals surface area contributed by atoms with Crippen LogP contribution in [0.5, 0.6) is 5.75 Å². The largest absolute Gasteiger partial charge is 0.494 e. The lowest BCUT2D eigenvalue weighted by Crippen LogP contribution is -2.42. The molecule has 0 heterocycles. The van der Waals surface area contributed by atoms with Gasteiger partial charge in [-0.2, -0.15) is 0 Å². The topological polar surface area (TPSA) is 58.6 Å². The van der Waals surface area contributed by atoms with Crippen LogP contribution in [0.3, 0.4) is 0 Å². The Morgan fingerprint density at radius 2 is 1.85 bits per heavy atom. The maximum atomic E-state index is 11.8. The van der Waals surface area contributed by atoms with Gasteiger partial charge >= 0.3 is 0 Å². The van der Waals surface area contributed by atoms with Crippen molar-refractivity contribution < 1.29 is 14.3 Å². The van der Waals surface area contributed by atoms with Crippen molar-refractivity contribution in [2.75, 3.05) is 18.1 Å². The summed E-state index contributed by atoms with van der Waals surface area (Å²) >= 11 is 0. The molecule has 0 atom stereocenters. The zero-order valence-electron chi connectivity index (χ0n) is 12.5. The van der Waals surface area contributed by atoms with Crippen LogP contribution in [0.2, 0.25) is 0 Å². The predicted molar refractivity (Wildman–Crippen MR) is 78.9 cm³/mol. The summed E-state index contributed by atoms with van der Waals surface area (Å²) in [4.78, 5) is 24.9. The number of anilines is 1. The molecular weight excluding hydrogens is 256 g/mol. The van der Waals surface area contributed by atoms with E-state index in [9.17, 15) is 9.59 Å². The van der Waals surface area contributed by atoms with Gasteiger partial charge < -0.3 is 15.0 Å². The molecule has 110 valence electrons. The SMILES string of the molecule is CCOc1ccc(N(CC(=O)NC(C)C)C(C)=O)cc1. The Labute approximate surface area is 119 Å². The average Bonchev–Trinajstić information content (AvgIpc) is 2.36. The van der Waals surface area contributed by atoms with Gasteiger partial charge in [-0.15, -0.1) is 0 Å². The van der Waals surface area contributed by atoms with E-state index in [2.05, 4.69) is 5.32 Å². The summed E-state index contributed by atoms with van der Waals surface area (Å²) < 4.78 is 5.35. The molecule has 0 aliphatic heterocycles. The lowest BCUT2D eigenvalue weighted by molar-refractivity contribution is -0.123. The first kappa shape index (κ1) is 16.0. The highest BCUT2D eigenvalue weighted by Gasteiger charge is 2.16. The lowest BCUT2D eigenvalue weighted by Gasteiger charge is -2.21. The van der Waals surface area contributed by atoms with Gasteiger partial charge in [0.1, 0.15) is 12.3 Å². The van der Waals surface area contributed by atoms with Gasteiger partial charge in [0.05, 0.1) is 6.61 Å². The highest BCUT2D eigenvalue weighted by atomic mass is 16.5. The van der Waals surface area contributed by atoms with Gasteiger partial charge in [0, 0.05) is 18.7 Å². The van der Waals surface area contributed by atoms with E-state index < -0.39 is 0 Å². The normalized spacial score (nSPS) is 10.2. The van der Waals surface area contributed by atoms with E-state index in [1.165, 1.54) is 11.8 Å². The number of ether oxygens (including phenoxy) is 1. The zero-order chi connectivity index (χ0) is 15.1. The molecule has 0 spiro atoms. The number of benzene rings is 1. The third kappa shape index (κ3) is 4.91. The molecule has 0 saturated heterocycles. The molecule has 0 radical (unpaired) electrons. The van der Waals surface area contributed by atoms with Crippen LogP contribution in [0.25, 0.3) is 0 Å². The van der Waals surface area contributed by atoms with Gasteiger partial charge in [-0.05, 0) is 45.0 Å². The number of hydrogen-bond donors (Lipinski definition) is 1. The Bertz CT molecular complexity index is 455. The van der Waals surface area contributed by atoms with Gasteiger partial charge in [0.2, 0.25) is 11.8 Å². The average molecular weight is 278 g/mol. The number of amides is 2. The van der Waals surface area contributed by atoms with E-state index >= 15 is 0 Å². The number of rotatable bonds is 6. The van der Waals surface area contributed by atoms with E-state index in [4.69, 9.17) is 4.74 Å². The van der Waals surface area contributed by atoms with Crippen molar-refractivity contribution in [3.05, 3.63) is 24.3 Å². The number of nitrogens with zero attached hydrogens (tertiary/aromatic N) is 1. The maximum Gasteiger partial charge on any atom is 0.240 e. The molecule has 0 aliphatic rings. The minimum Gasteiger partial charge on any atom is -0.494 e. The molecule has 0 aromatic heterocycles. The second-order valence-electron chi connectivity index (χ2n) is 4.75. The number of nitrogens with one attached hydrogen (secondary N) is 1. The Kier molecular flexibility index (Phi) is 6.03. The highest BCUT2D eigenvalue weighted by Crippen LogP contribution is 2.19. The van der Waals surface area contributed by atoms with Gasteiger partial charge in [-0.25, -0.2) is 0 Å². The number of carbonyl (C=O) groups is 2. The van der Waals surface area contributed by atoms with Crippen LogP contribution in [0, 0.1) is 0 Å². The van der Waals surface area contributed by atoms with E-state index in [-0.39, 0.29) is 24.4 Å². The molecule has 0 fully saturated rings. The van der Waals surface area contributed by atoms with Gasteiger partial charge in [-0.3, -0.25) is 9.59 Å². The van der Waals surface area contributed by atoms with Crippen molar-refractivity contribution in [3.63, 3.8) is 0 Å². The molecule has 1 aromatic rings. The zero-order valence-corrected chi connectivity index (χ0v) is 12.5. The summed E-state index contributed by atoms with van der Waals surface area (Å²) in [6.07, 6.45) is 0. The molecule has 0 unspecified atom stereocenters. The molecule has 1 rings (SSSR count). The molecule has 0 bridgehead atoms. The molecule has 0 saturated carbocycles. The fourth-order valence-electron chi connectivity index (χ4n) is 1.78. The van der Waals surface area contributed by atoms with E-state index in [1.807, 2.05) is 20.8 Å². The number of carbonyl (C=O) groups excluding carboxylic acids is 2. The smallest absolute Gasteiger partial charge is 0.240 e. The van der Waals surface area contributed by atoms with Crippen LogP contribution in [-0.2, 0) is 9.59 Å². The second-order valence-corrected chi connectivity index (χ2v) is 4.75. The van der Waals surface area contributed by atoms with Crippen LogP contribution in [0.15, 0.2) is 24.3 Å². The summed E-state index contributed by atoms with van der Waals surface area (Å²) in [6, 6.07) is 7.17. The Balaban J connectivity index is 2.80. The molecule has 5 nitrogen and oxygen atoms in total. The Morgan fingerprint density at radius 3 is 2.30 bits per heavy atom. The van der Waals surface area contributed by atoms with Crippen LogP contribution in [0.4, 0.5) is 5.69 Å². The summed E-state index contributed by atoms with van der Waals surface area (Å²) in [7, 11) is 0. The minimum atomic E-state index is -0.177. The lowest BCUT2D eigenvalue weighted by atomic mass is 10.2. The van der Waals surface area contributed by atoms with Gasteiger partial charge in [0.25, 0.3) is 0 Å². The first-order chi connectivity index (χ1) is 9.43. The Morgan fingerprint density at radius 1 is 1.25 bits per heavy atom. The summed E-state index contributed by atoms with van der Waals surface area (Å²) in [5.74, 6) is 0.392. The first-order valence-electron chi connectivity index (χ1n) is 6.74. The van der Waals surface area contributed by atoms with Crippen LogP contribution in [-0.4, -0.2) is 31.0 Å². The molecule has 0 aliphatic carbocycles. The molecular formula is C15H22N2O3. The van der Waals surface area contributed by atoms with Crippen molar-refractivity contribution in [1.82, 2.24) is 5.32 Å². The van der Waals surface area contributed by atoms with Crippen molar-refractivity contribution in [2.45, 2.75) is 33.7 Å². The first-order valence-corrected chi connectivity index (χ1v) is 6.74. The van der Waals surface area contributed by atoms with Crippen molar-refractivity contribution in [3.8, 4) is 5.75 Å². The molecule has 2 amide bonds. The van der Waals surface area contributed by atoms with Crippen molar-refractivity contribution >= 4 is 17.5 Å². The Hall–Kier alpha value is -2.04. The molecule has 20 heavy (non-hydrogen) atoms. The van der Waals surface area contributed by atoms with Crippen LogP contribution >= 0.6 is 0 Å². The van der Waals surface area contributed by atoms with Crippen LogP contribution < -0.4 is 15.0 Å². The predicted octanol–water partition coefficient (Wildman–Crippen LogP) is 1.96. The molecule has 1 aromatic carbocycles. The standard InChI is InChI=1S/C15H22N2O3/c1-5-20-14-8-6-13(7-9-14)17(12(4)18)10-15(19)16-11(2)3/h6-9,11H,5,10H2,1-4H3,(H,16,19). The monoisotopic (exact) mass is 278 g/mol. The number of hydrogen-bond acceptors (Lipinski definition) is 3. The van der Waals surface area contributed by atoms with Gasteiger partial charge in [-0.1, -0.05) is 0 Å². The third-order valence-electron chi connectivity index (χ3n) is 2.59. The maximum absolute atomic E-state index is 11.8. The van der Waals surface area contributed by atoms with Crippen molar-refractivity contribution in [2.24, 2.45) is 0 Å². The van der Waals surface area contributed by atoms with E-state index in [1.54, 1.807) is 24.3 Å².